The lowest BCUT2D eigenvalue weighted by Crippen LogP contribution is -2.53. The van der Waals surface area contributed by atoms with Gasteiger partial charge in [0.15, 0.2) is 5.78 Å². The van der Waals surface area contributed by atoms with Crippen molar-refractivity contribution in [3.05, 3.63) is 80.2 Å². The van der Waals surface area contributed by atoms with E-state index in [0.29, 0.717) is 45.5 Å². The van der Waals surface area contributed by atoms with E-state index in [1.807, 2.05) is 13.0 Å². The molecule has 3 aliphatic rings. The van der Waals surface area contributed by atoms with Gasteiger partial charge >= 0.3 is 5.97 Å². The zero-order chi connectivity index (χ0) is 25.1. The van der Waals surface area contributed by atoms with E-state index < -0.39 is 17.3 Å². The number of nitrogens with one attached hydrogen (secondary N) is 1. The summed E-state index contributed by atoms with van der Waals surface area (Å²) in [5.41, 5.74) is 7.91. The zero-order valence-electron chi connectivity index (χ0n) is 19.2. The van der Waals surface area contributed by atoms with Crippen LogP contribution in [0, 0.1) is 6.92 Å². The fourth-order valence-electron chi connectivity index (χ4n) is 5.40. The van der Waals surface area contributed by atoms with Crippen molar-refractivity contribution in [2.45, 2.75) is 38.5 Å². The lowest BCUT2D eigenvalue weighted by atomic mass is 9.63. The molecule has 1 amide bonds. The Hall–Kier alpha value is -3.29. The number of carbonyl (C=O) groups is 3. The van der Waals surface area contributed by atoms with Crippen LogP contribution < -0.4 is 16.0 Å². The van der Waals surface area contributed by atoms with E-state index in [0.717, 1.165) is 5.56 Å². The second-order valence-corrected chi connectivity index (χ2v) is 9.54. The topological polar surface area (TPSA) is 102 Å². The van der Waals surface area contributed by atoms with Gasteiger partial charge in [-0.05, 0) is 62.6 Å². The predicted octanol–water partition coefficient (Wildman–Crippen LogP) is 4.75. The first kappa shape index (κ1) is 23.5. The van der Waals surface area contributed by atoms with E-state index in [9.17, 15) is 14.4 Å². The zero-order valence-corrected chi connectivity index (χ0v) is 20.7. The van der Waals surface area contributed by atoms with Crippen molar-refractivity contribution in [2.75, 3.05) is 16.8 Å². The maximum Gasteiger partial charge on any atom is 0.339 e. The second-order valence-electron chi connectivity index (χ2n) is 8.69. The third-order valence-electron chi connectivity index (χ3n) is 6.84. The molecule has 5 rings (SSSR count). The number of Topliss-reactive ketones (excluding diaryl/α,β-unsaturated/α-hetero) is 1. The average Bonchev–Trinajstić information content (AvgIpc) is 3.08. The number of anilines is 2. The number of rotatable bonds is 3. The molecular weight excluding hydrogens is 489 g/mol. The smallest absolute Gasteiger partial charge is 0.339 e. The number of fused-ring (bicyclic) bond motifs is 3. The van der Waals surface area contributed by atoms with E-state index in [1.165, 1.54) is 0 Å². The van der Waals surface area contributed by atoms with Crippen LogP contribution in [0.2, 0.25) is 10.0 Å². The monoisotopic (exact) mass is 511 g/mol. The van der Waals surface area contributed by atoms with Gasteiger partial charge in [0.25, 0.3) is 0 Å². The number of amides is 1. The molecule has 0 radical (unpaired) electrons. The van der Waals surface area contributed by atoms with Gasteiger partial charge < -0.3 is 15.8 Å². The molecule has 3 N–H and O–H groups in total. The van der Waals surface area contributed by atoms with Crippen LogP contribution in [-0.2, 0) is 24.5 Å². The Morgan fingerprint density at radius 1 is 1.20 bits per heavy atom. The molecule has 0 fully saturated rings. The minimum absolute atomic E-state index is 0.0187. The highest BCUT2D eigenvalue weighted by atomic mass is 35.5. The standard InChI is InChI=1S/C26H23Cl2N3O4/c1-3-35-24(33)22-23(29)31(18-7-4-6-16(28)13(18)2)19-8-5-9-20(32)21(19)26(22)15-12-14(27)10-11-17(15)30-25(26)34/h4,6-7,10-12H,3,5,8-9,29H2,1-2H3,(H,30,34). The van der Waals surface area contributed by atoms with Gasteiger partial charge in [0.2, 0.25) is 5.91 Å². The second kappa shape index (κ2) is 8.43. The molecule has 1 aliphatic carbocycles. The number of nitrogens with zero attached hydrogens (tertiary/aromatic N) is 1. The first-order valence-corrected chi connectivity index (χ1v) is 12.1. The molecule has 0 saturated carbocycles. The van der Waals surface area contributed by atoms with E-state index in [4.69, 9.17) is 33.7 Å². The van der Waals surface area contributed by atoms with Crippen LogP contribution in [0.3, 0.4) is 0 Å². The Balaban J connectivity index is 1.93. The molecule has 1 unspecified atom stereocenters. The number of carbonyl (C=O) groups excluding carboxylic acids is 3. The summed E-state index contributed by atoms with van der Waals surface area (Å²) in [6, 6.07) is 10.2. The van der Waals surface area contributed by atoms with Crippen LogP contribution in [0.1, 0.15) is 37.3 Å². The van der Waals surface area contributed by atoms with E-state index >= 15 is 0 Å². The van der Waals surface area contributed by atoms with Crippen LogP contribution in [0.5, 0.6) is 0 Å². The summed E-state index contributed by atoms with van der Waals surface area (Å²) in [5.74, 6) is -1.52. The maximum absolute atomic E-state index is 13.9. The molecule has 35 heavy (non-hydrogen) atoms. The number of benzene rings is 2. The van der Waals surface area contributed by atoms with Crippen molar-refractivity contribution >= 4 is 52.2 Å². The SMILES string of the molecule is CCOC(=O)C1=C(N)N(c2cccc(Cl)c2C)C2=C(C(=O)CCC2)C12C(=O)Nc1ccc(Cl)cc12. The normalized spacial score (nSPS) is 21.3. The third kappa shape index (κ3) is 3.22. The minimum atomic E-state index is -1.77. The van der Waals surface area contributed by atoms with Gasteiger partial charge in [-0.25, -0.2) is 4.79 Å². The van der Waals surface area contributed by atoms with Crippen LogP contribution in [0.4, 0.5) is 11.4 Å². The molecule has 0 aromatic heterocycles. The highest BCUT2D eigenvalue weighted by Gasteiger charge is 2.62. The molecule has 2 heterocycles. The molecule has 9 heteroatoms. The van der Waals surface area contributed by atoms with Crippen molar-refractivity contribution in [3.8, 4) is 0 Å². The lowest BCUT2D eigenvalue weighted by molar-refractivity contribution is -0.140. The van der Waals surface area contributed by atoms with Gasteiger partial charge in [0.1, 0.15) is 16.8 Å². The molecule has 1 atom stereocenters. The summed E-state index contributed by atoms with van der Waals surface area (Å²) in [5, 5.41) is 3.71. The first-order valence-electron chi connectivity index (χ1n) is 11.3. The fourth-order valence-corrected chi connectivity index (χ4v) is 5.74. The van der Waals surface area contributed by atoms with Gasteiger partial charge in [-0.15, -0.1) is 0 Å². The average molecular weight is 512 g/mol. The molecule has 2 aromatic carbocycles. The van der Waals surface area contributed by atoms with Crippen molar-refractivity contribution in [3.63, 3.8) is 0 Å². The van der Waals surface area contributed by atoms with Gasteiger partial charge in [0, 0.05) is 39.0 Å². The number of hydrogen-bond acceptors (Lipinski definition) is 6. The highest BCUT2D eigenvalue weighted by molar-refractivity contribution is 6.32. The molecule has 180 valence electrons. The van der Waals surface area contributed by atoms with Crippen LogP contribution in [-0.4, -0.2) is 24.3 Å². The van der Waals surface area contributed by atoms with Gasteiger partial charge in [-0.1, -0.05) is 29.3 Å². The van der Waals surface area contributed by atoms with E-state index in [2.05, 4.69) is 5.32 Å². The number of hydrogen-bond donors (Lipinski definition) is 2. The summed E-state index contributed by atoms with van der Waals surface area (Å²) < 4.78 is 5.41. The van der Waals surface area contributed by atoms with E-state index in [1.54, 1.807) is 42.2 Å². The van der Waals surface area contributed by atoms with Crippen LogP contribution in [0.25, 0.3) is 0 Å². The van der Waals surface area contributed by atoms with Crippen LogP contribution in [0.15, 0.2) is 59.1 Å². The summed E-state index contributed by atoms with van der Waals surface area (Å²) in [4.78, 5) is 42.8. The van der Waals surface area contributed by atoms with Crippen LogP contribution >= 0.6 is 23.2 Å². The number of nitrogens with two attached hydrogens (primary N) is 1. The van der Waals surface area contributed by atoms with Gasteiger partial charge in [-0.3, -0.25) is 14.5 Å². The first-order chi connectivity index (χ1) is 16.7. The van der Waals surface area contributed by atoms with Crippen molar-refractivity contribution in [2.24, 2.45) is 5.73 Å². The van der Waals surface area contributed by atoms with Crippen molar-refractivity contribution in [1.29, 1.82) is 0 Å². The lowest BCUT2D eigenvalue weighted by Gasteiger charge is -2.44. The van der Waals surface area contributed by atoms with Crippen molar-refractivity contribution in [1.82, 2.24) is 0 Å². The molecule has 0 bridgehead atoms. The number of halogens is 2. The fraction of sp³-hybridized carbons (Fsp3) is 0.269. The number of ketones is 1. The molecule has 7 nitrogen and oxygen atoms in total. The Morgan fingerprint density at radius 2 is 1.97 bits per heavy atom. The summed E-state index contributed by atoms with van der Waals surface area (Å²) in [7, 11) is 0. The molecular formula is C26H23Cl2N3O4. The van der Waals surface area contributed by atoms with Crippen molar-refractivity contribution < 1.29 is 19.1 Å². The molecule has 1 spiro atoms. The maximum atomic E-state index is 13.9. The molecule has 2 aromatic rings. The Labute approximate surface area is 212 Å². The number of ether oxygens (including phenoxy) is 1. The van der Waals surface area contributed by atoms with Gasteiger partial charge in [0.05, 0.1) is 12.3 Å². The largest absolute Gasteiger partial charge is 0.462 e. The molecule has 2 aliphatic heterocycles. The Morgan fingerprint density at radius 3 is 2.71 bits per heavy atom. The third-order valence-corrected chi connectivity index (χ3v) is 7.48. The quantitative estimate of drug-likeness (QED) is 0.576. The highest BCUT2D eigenvalue weighted by Crippen LogP contribution is 2.56. The number of esters is 1. The van der Waals surface area contributed by atoms with E-state index in [-0.39, 0.29) is 35.8 Å². The van der Waals surface area contributed by atoms with Gasteiger partial charge in [-0.2, -0.15) is 0 Å². The summed E-state index contributed by atoms with van der Waals surface area (Å²) in [6.07, 6.45) is 1.30. The Kier molecular flexibility index (Phi) is 5.65. The summed E-state index contributed by atoms with van der Waals surface area (Å²) in [6.45, 7) is 3.56. The number of allylic oxidation sites excluding steroid dienone is 1. The summed E-state index contributed by atoms with van der Waals surface area (Å²) >= 11 is 12.8. The minimum Gasteiger partial charge on any atom is -0.462 e. The molecule has 0 saturated heterocycles. The Bertz CT molecular complexity index is 1380. The predicted molar refractivity (Wildman–Crippen MR) is 134 cm³/mol.